The number of hydrogen-bond acceptors (Lipinski definition) is 5. The van der Waals surface area contributed by atoms with Crippen LogP contribution in [0.1, 0.15) is 23.7 Å². The average Bonchev–Trinajstić information content (AvgIpc) is 3.42. The fourth-order valence-electron chi connectivity index (χ4n) is 3.61. The Morgan fingerprint density at radius 3 is 2.93 bits per heavy atom. The molecule has 1 unspecified atom stereocenters. The van der Waals surface area contributed by atoms with Crippen molar-refractivity contribution in [2.24, 2.45) is 0 Å². The maximum atomic E-state index is 13.3. The van der Waals surface area contributed by atoms with Crippen LogP contribution in [0.15, 0.2) is 48.6 Å². The first-order chi connectivity index (χ1) is 13.6. The molecule has 8 heteroatoms. The van der Waals surface area contributed by atoms with Gasteiger partial charge in [-0.15, -0.1) is 11.3 Å². The van der Waals surface area contributed by atoms with Crippen molar-refractivity contribution in [3.63, 3.8) is 0 Å². The summed E-state index contributed by atoms with van der Waals surface area (Å²) in [4.78, 5) is 34.3. The highest BCUT2D eigenvalue weighted by Crippen LogP contribution is 2.26. The van der Waals surface area contributed by atoms with Crippen molar-refractivity contribution < 1.29 is 9.59 Å². The number of hydrogen-bond donors (Lipinski definition) is 0. The van der Waals surface area contributed by atoms with E-state index in [0.29, 0.717) is 30.8 Å². The van der Waals surface area contributed by atoms with Crippen molar-refractivity contribution >= 4 is 28.8 Å². The van der Waals surface area contributed by atoms with E-state index < -0.39 is 0 Å². The van der Waals surface area contributed by atoms with Gasteiger partial charge in [-0.1, -0.05) is 19.6 Å². The van der Waals surface area contributed by atoms with E-state index in [1.807, 2.05) is 35.4 Å². The number of piperazine rings is 1. The molecule has 1 aliphatic rings. The zero-order chi connectivity index (χ0) is 19.7. The molecular weight excluding hydrogens is 374 g/mol. The minimum absolute atomic E-state index is 0.0411. The first-order valence-electron chi connectivity index (χ1n) is 9.23. The molecule has 3 aromatic heterocycles. The van der Waals surface area contributed by atoms with E-state index >= 15 is 0 Å². The topological polar surface area (TPSA) is 70.8 Å². The van der Waals surface area contributed by atoms with Crippen LogP contribution in [0.2, 0.25) is 0 Å². The number of rotatable bonds is 4. The van der Waals surface area contributed by atoms with E-state index in [9.17, 15) is 9.59 Å². The summed E-state index contributed by atoms with van der Waals surface area (Å²) in [6.07, 6.45) is 5.39. The van der Waals surface area contributed by atoms with Gasteiger partial charge in [0.05, 0.1) is 16.8 Å². The quantitative estimate of drug-likeness (QED) is 0.637. The van der Waals surface area contributed by atoms with Crippen LogP contribution >= 0.6 is 11.3 Å². The predicted octanol–water partition coefficient (Wildman–Crippen LogP) is 2.71. The van der Waals surface area contributed by atoms with E-state index in [1.54, 1.807) is 33.1 Å². The van der Waals surface area contributed by atoms with Gasteiger partial charge in [0.25, 0.3) is 5.91 Å². The Hall–Kier alpha value is -3.00. The fourth-order valence-corrected chi connectivity index (χ4v) is 4.35. The van der Waals surface area contributed by atoms with Crippen molar-refractivity contribution in [2.45, 2.75) is 19.4 Å². The molecule has 0 bridgehead atoms. The summed E-state index contributed by atoms with van der Waals surface area (Å²) < 4.78 is 1.72. The summed E-state index contributed by atoms with van der Waals surface area (Å²) in [5, 5.41) is 6.44. The van der Waals surface area contributed by atoms with Gasteiger partial charge in [-0.3, -0.25) is 9.59 Å². The smallest absolute Gasteiger partial charge is 0.259 e. The monoisotopic (exact) mass is 395 g/mol. The summed E-state index contributed by atoms with van der Waals surface area (Å²) in [6.45, 7) is 7.08. The number of nitrogens with zero attached hydrogens (tertiary/aromatic N) is 5. The molecule has 0 aliphatic carbocycles. The van der Waals surface area contributed by atoms with E-state index in [2.05, 4.69) is 16.7 Å². The molecule has 0 aromatic carbocycles. The van der Waals surface area contributed by atoms with Crippen LogP contribution < -0.4 is 0 Å². The molecule has 3 aromatic rings. The third-order valence-corrected chi connectivity index (χ3v) is 6.00. The lowest BCUT2D eigenvalue weighted by Crippen LogP contribution is -2.56. The molecule has 2 amide bonds. The number of fused-ring (bicyclic) bond motifs is 1. The van der Waals surface area contributed by atoms with E-state index in [0.717, 1.165) is 17.0 Å². The maximum Gasteiger partial charge on any atom is 0.259 e. The van der Waals surface area contributed by atoms with Crippen LogP contribution in [-0.2, 0) is 4.79 Å². The Balaban J connectivity index is 1.65. The summed E-state index contributed by atoms with van der Waals surface area (Å²) in [7, 11) is 0. The molecule has 0 spiro atoms. The van der Waals surface area contributed by atoms with Crippen molar-refractivity contribution in [1.29, 1.82) is 0 Å². The van der Waals surface area contributed by atoms with Crippen LogP contribution in [-0.4, -0.2) is 61.9 Å². The Morgan fingerprint density at radius 1 is 1.36 bits per heavy atom. The molecule has 4 heterocycles. The molecule has 1 aliphatic heterocycles. The van der Waals surface area contributed by atoms with Crippen molar-refractivity contribution in [1.82, 2.24) is 24.4 Å². The van der Waals surface area contributed by atoms with Crippen LogP contribution in [0.25, 0.3) is 16.2 Å². The van der Waals surface area contributed by atoms with Crippen LogP contribution in [0, 0.1) is 0 Å². The third kappa shape index (κ3) is 3.09. The van der Waals surface area contributed by atoms with E-state index in [-0.39, 0.29) is 17.9 Å². The molecule has 0 saturated carbocycles. The summed E-state index contributed by atoms with van der Waals surface area (Å²) in [5.41, 5.74) is 1.95. The zero-order valence-electron chi connectivity index (χ0n) is 15.6. The van der Waals surface area contributed by atoms with Gasteiger partial charge in [-0.2, -0.15) is 5.10 Å². The number of amides is 2. The molecular formula is C20H21N5O2S. The van der Waals surface area contributed by atoms with Gasteiger partial charge in [0.1, 0.15) is 5.56 Å². The Morgan fingerprint density at radius 2 is 2.21 bits per heavy atom. The SMILES string of the molecule is C=CC(=O)N1CCN(C(=O)c2cnn3c(-c4cccs4)ccnc23)C(CC)C1. The number of carbonyl (C=O) groups excluding carboxylic acids is 2. The maximum absolute atomic E-state index is 13.3. The molecule has 7 nitrogen and oxygen atoms in total. The second-order valence-electron chi connectivity index (χ2n) is 6.65. The third-order valence-electron chi connectivity index (χ3n) is 5.11. The summed E-state index contributed by atoms with van der Waals surface area (Å²) >= 11 is 1.62. The first kappa shape index (κ1) is 18.4. The Bertz CT molecular complexity index is 1030. The van der Waals surface area contributed by atoms with Crippen LogP contribution in [0.3, 0.4) is 0 Å². The largest absolute Gasteiger partial charge is 0.335 e. The van der Waals surface area contributed by atoms with Crippen LogP contribution in [0.5, 0.6) is 0 Å². The normalized spacial score (nSPS) is 17.1. The van der Waals surface area contributed by atoms with Gasteiger partial charge in [-0.25, -0.2) is 9.50 Å². The standard InChI is InChI=1S/C20H21N5O2S/c1-3-14-13-23(18(26)4-2)9-10-24(14)20(27)15-12-22-25-16(7-8-21-19(15)25)17-6-5-11-28-17/h4-8,11-12,14H,2-3,9-10,13H2,1H3. The van der Waals surface area contributed by atoms with Crippen molar-refractivity contribution in [3.05, 3.63) is 54.2 Å². The first-order valence-corrected chi connectivity index (χ1v) is 10.1. The van der Waals surface area contributed by atoms with Gasteiger partial charge < -0.3 is 9.80 Å². The summed E-state index contributed by atoms with van der Waals surface area (Å²) in [5.74, 6) is -0.188. The zero-order valence-corrected chi connectivity index (χ0v) is 16.4. The minimum atomic E-state index is -0.0941. The lowest BCUT2D eigenvalue weighted by Gasteiger charge is -2.40. The van der Waals surface area contributed by atoms with Crippen molar-refractivity contribution in [3.8, 4) is 10.6 Å². The lowest BCUT2D eigenvalue weighted by molar-refractivity contribution is -0.128. The van der Waals surface area contributed by atoms with Gasteiger partial charge in [0, 0.05) is 31.9 Å². The molecule has 0 N–H and O–H groups in total. The molecule has 144 valence electrons. The number of thiophene rings is 1. The Labute approximate surface area is 166 Å². The van der Waals surface area contributed by atoms with Gasteiger partial charge >= 0.3 is 0 Å². The van der Waals surface area contributed by atoms with Crippen LogP contribution in [0.4, 0.5) is 0 Å². The molecule has 4 rings (SSSR count). The molecule has 1 saturated heterocycles. The molecule has 1 atom stereocenters. The fraction of sp³-hybridized carbons (Fsp3) is 0.300. The minimum Gasteiger partial charge on any atom is -0.335 e. The second-order valence-corrected chi connectivity index (χ2v) is 7.60. The number of aromatic nitrogens is 3. The molecule has 1 fully saturated rings. The van der Waals surface area contributed by atoms with E-state index in [4.69, 9.17) is 0 Å². The van der Waals surface area contributed by atoms with Gasteiger partial charge in [-0.05, 0) is 30.0 Å². The van der Waals surface area contributed by atoms with Gasteiger partial charge in [0.15, 0.2) is 5.65 Å². The predicted molar refractivity (Wildman–Crippen MR) is 108 cm³/mol. The number of carbonyl (C=O) groups is 2. The molecule has 28 heavy (non-hydrogen) atoms. The Kier molecular flexibility index (Phi) is 4.95. The highest BCUT2D eigenvalue weighted by Gasteiger charge is 2.32. The highest BCUT2D eigenvalue weighted by molar-refractivity contribution is 7.13. The second kappa shape index (κ2) is 7.55. The summed E-state index contributed by atoms with van der Waals surface area (Å²) in [6, 6.07) is 5.86. The lowest BCUT2D eigenvalue weighted by atomic mass is 10.1. The molecule has 0 radical (unpaired) electrons. The average molecular weight is 395 g/mol. The highest BCUT2D eigenvalue weighted by atomic mass is 32.1. The van der Waals surface area contributed by atoms with E-state index in [1.165, 1.54) is 6.08 Å². The van der Waals surface area contributed by atoms with Gasteiger partial charge in [0.2, 0.25) is 5.91 Å². The van der Waals surface area contributed by atoms with Crippen molar-refractivity contribution in [2.75, 3.05) is 19.6 Å².